The quantitative estimate of drug-likeness (QED) is 0.531. The van der Waals surface area contributed by atoms with Crippen molar-refractivity contribution in [3.05, 3.63) is 65.7 Å². The predicted molar refractivity (Wildman–Crippen MR) is 111 cm³/mol. The van der Waals surface area contributed by atoms with E-state index in [2.05, 4.69) is 15.6 Å². The highest BCUT2D eigenvalue weighted by atomic mass is 19.4. The van der Waals surface area contributed by atoms with E-state index in [1.807, 2.05) is 54.6 Å². The van der Waals surface area contributed by atoms with Gasteiger partial charge in [-0.2, -0.15) is 13.2 Å². The number of likely N-dealkylation sites (tertiary alicyclic amines) is 1. The molecule has 1 heterocycles. The molecule has 1 saturated heterocycles. The van der Waals surface area contributed by atoms with Crippen LogP contribution in [0.4, 0.5) is 13.2 Å². The maximum Gasteiger partial charge on any atom is 0.401 e. The largest absolute Gasteiger partial charge is 0.489 e. The van der Waals surface area contributed by atoms with E-state index in [0.717, 1.165) is 16.9 Å². The lowest BCUT2D eigenvalue weighted by Gasteiger charge is -2.20. The van der Waals surface area contributed by atoms with Crippen molar-refractivity contribution < 1.29 is 17.9 Å². The zero-order chi connectivity index (χ0) is 21.4. The molecule has 8 heteroatoms. The standard InChI is InChI=1S/C22H27F3N4O/c1-26-21(28-19-11-12-29(14-19)16-22(23,24)25)27-13-17-7-5-6-8-18(17)15-30-20-9-3-2-4-10-20/h2-10,19H,11-16H2,1H3,(H2,26,27,28). The molecule has 5 nitrogen and oxygen atoms in total. The predicted octanol–water partition coefficient (Wildman–Crippen LogP) is 3.57. The number of rotatable bonds is 7. The number of nitrogens with zero attached hydrogens (tertiary/aromatic N) is 2. The van der Waals surface area contributed by atoms with E-state index in [0.29, 0.717) is 38.6 Å². The fraction of sp³-hybridized carbons (Fsp3) is 0.409. The van der Waals surface area contributed by atoms with Crippen LogP contribution in [0.5, 0.6) is 5.75 Å². The Morgan fingerprint density at radius 3 is 2.50 bits per heavy atom. The molecule has 0 radical (unpaired) electrons. The van der Waals surface area contributed by atoms with Gasteiger partial charge >= 0.3 is 6.18 Å². The van der Waals surface area contributed by atoms with E-state index in [1.54, 1.807) is 7.05 Å². The second-order valence-corrected chi connectivity index (χ2v) is 7.28. The highest BCUT2D eigenvalue weighted by molar-refractivity contribution is 5.80. The van der Waals surface area contributed by atoms with Crippen LogP contribution in [0.25, 0.3) is 0 Å². The van der Waals surface area contributed by atoms with Crippen LogP contribution in [-0.4, -0.2) is 49.8 Å². The van der Waals surface area contributed by atoms with Crippen LogP contribution in [-0.2, 0) is 13.2 Å². The molecule has 3 rings (SSSR count). The van der Waals surface area contributed by atoms with Gasteiger partial charge in [0.2, 0.25) is 0 Å². The number of alkyl halides is 3. The molecule has 0 saturated carbocycles. The smallest absolute Gasteiger partial charge is 0.401 e. The fourth-order valence-electron chi connectivity index (χ4n) is 3.46. The van der Waals surface area contributed by atoms with Crippen molar-refractivity contribution in [2.45, 2.75) is 31.8 Å². The Morgan fingerprint density at radius 1 is 1.10 bits per heavy atom. The maximum atomic E-state index is 12.6. The molecule has 0 aromatic heterocycles. The van der Waals surface area contributed by atoms with E-state index in [4.69, 9.17) is 4.74 Å². The van der Waals surface area contributed by atoms with Gasteiger partial charge in [0.15, 0.2) is 5.96 Å². The zero-order valence-corrected chi connectivity index (χ0v) is 17.0. The number of hydrogen-bond donors (Lipinski definition) is 2. The SMILES string of the molecule is CN=C(NCc1ccccc1COc1ccccc1)NC1CCN(CC(F)(F)F)C1. The Morgan fingerprint density at radius 2 is 1.80 bits per heavy atom. The summed E-state index contributed by atoms with van der Waals surface area (Å²) in [7, 11) is 1.65. The summed E-state index contributed by atoms with van der Waals surface area (Å²) in [5.74, 6) is 1.38. The second-order valence-electron chi connectivity index (χ2n) is 7.28. The first-order chi connectivity index (χ1) is 14.4. The van der Waals surface area contributed by atoms with Crippen LogP contribution in [0, 0.1) is 0 Å². The van der Waals surface area contributed by atoms with E-state index in [1.165, 1.54) is 4.90 Å². The van der Waals surface area contributed by atoms with Gasteiger partial charge in [0, 0.05) is 32.7 Å². The Bertz CT molecular complexity index is 827. The second kappa shape index (κ2) is 10.3. The first-order valence-corrected chi connectivity index (χ1v) is 9.94. The lowest BCUT2D eigenvalue weighted by molar-refractivity contribution is -0.143. The summed E-state index contributed by atoms with van der Waals surface area (Å²) in [6.45, 7) is 0.886. The van der Waals surface area contributed by atoms with Gasteiger partial charge in [-0.1, -0.05) is 42.5 Å². The Hall–Kier alpha value is -2.74. The van der Waals surface area contributed by atoms with Crippen molar-refractivity contribution >= 4 is 5.96 Å². The number of para-hydroxylation sites is 1. The highest BCUT2D eigenvalue weighted by Gasteiger charge is 2.34. The summed E-state index contributed by atoms with van der Waals surface area (Å²) in [5, 5.41) is 6.48. The van der Waals surface area contributed by atoms with Gasteiger partial charge in [-0.15, -0.1) is 0 Å². The van der Waals surface area contributed by atoms with Crippen LogP contribution in [0.1, 0.15) is 17.5 Å². The molecule has 1 unspecified atom stereocenters. The van der Waals surface area contributed by atoms with Gasteiger partial charge in [-0.05, 0) is 29.7 Å². The lowest BCUT2D eigenvalue weighted by Crippen LogP contribution is -2.45. The maximum absolute atomic E-state index is 12.6. The molecule has 2 aromatic carbocycles. The molecule has 1 atom stereocenters. The molecule has 162 valence electrons. The van der Waals surface area contributed by atoms with Crippen molar-refractivity contribution in [3.8, 4) is 5.75 Å². The van der Waals surface area contributed by atoms with Gasteiger partial charge in [0.1, 0.15) is 12.4 Å². The fourth-order valence-corrected chi connectivity index (χ4v) is 3.46. The summed E-state index contributed by atoms with van der Waals surface area (Å²) >= 11 is 0. The summed E-state index contributed by atoms with van der Waals surface area (Å²) < 4.78 is 43.6. The molecule has 1 aliphatic rings. The van der Waals surface area contributed by atoms with Crippen LogP contribution in [0.2, 0.25) is 0 Å². The first-order valence-electron chi connectivity index (χ1n) is 9.94. The van der Waals surface area contributed by atoms with Crippen molar-refractivity contribution in [1.29, 1.82) is 0 Å². The molecular formula is C22H27F3N4O. The molecule has 0 spiro atoms. The van der Waals surface area contributed by atoms with E-state index >= 15 is 0 Å². The Balaban J connectivity index is 1.51. The van der Waals surface area contributed by atoms with Crippen LogP contribution < -0.4 is 15.4 Å². The third-order valence-electron chi connectivity index (χ3n) is 4.94. The highest BCUT2D eigenvalue weighted by Crippen LogP contribution is 2.20. The van der Waals surface area contributed by atoms with Crippen LogP contribution in [0.3, 0.4) is 0 Å². The molecule has 0 bridgehead atoms. The number of halogens is 3. The molecule has 2 aromatic rings. The number of guanidine groups is 1. The molecule has 1 aliphatic heterocycles. The lowest BCUT2D eigenvalue weighted by atomic mass is 10.1. The van der Waals surface area contributed by atoms with E-state index in [9.17, 15) is 13.2 Å². The van der Waals surface area contributed by atoms with E-state index < -0.39 is 12.7 Å². The van der Waals surface area contributed by atoms with Gasteiger partial charge < -0.3 is 15.4 Å². The number of benzene rings is 2. The molecule has 30 heavy (non-hydrogen) atoms. The normalized spacial score (nSPS) is 17.7. The summed E-state index contributed by atoms with van der Waals surface area (Å²) in [5.41, 5.74) is 2.13. The zero-order valence-electron chi connectivity index (χ0n) is 17.0. The molecular weight excluding hydrogens is 393 g/mol. The average Bonchev–Trinajstić information content (AvgIpc) is 3.16. The average molecular weight is 420 g/mol. The van der Waals surface area contributed by atoms with Crippen molar-refractivity contribution in [1.82, 2.24) is 15.5 Å². The third kappa shape index (κ3) is 6.95. The molecule has 1 fully saturated rings. The van der Waals surface area contributed by atoms with Gasteiger partial charge in [0.25, 0.3) is 0 Å². The summed E-state index contributed by atoms with van der Waals surface area (Å²) in [6, 6.07) is 17.5. The number of nitrogens with one attached hydrogen (secondary N) is 2. The molecule has 2 N–H and O–H groups in total. The minimum absolute atomic E-state index is 0.0600. The summed E-state index contributed by atoms with van der Waals surface area (Å²) in [6.07, 6.45) is -3.52. The number of hydrogen-bond acceptors (Lipinski definition) is 3. The van der Waals surface area contributed by atoms with Gasteiger partial charge in [-0.25, -0.2) is 0 Å². The topological polar surface area (TPSA) is 48.9 Å². The monoisotopic (exact) mass is 420 g/mol. The Labute approximate surface area is 174 Å². The minimum Gasteiger partial charge on any atom is -0.489 e. The van der Waals surface area contributed by atoms with Crippen molar-refractivity contribution in [2.75, 3.05) is 26.7 Å². The number of ether oxygens (including phenoxy) is 1. The van der Waals surface area contributed by atoms with Gasteiger partial charge in [0.05, 0.1) is 6.54 Å². The first kappa shape index (κ1) is 22.0. The van der Waals surface area contributed by atoms with Crippen LogP contribution >= 0.6 is 0 Å². The Kier molecular flexibility index (Phi) is 7.57. The minimum atomic E-state index is -4.17. The third-order valence-corrected chi connectivity index (χ3v) is 4.94. The van der Waals surface area contributed by atoms with Crippen molar-refractivity contribution in [3.63, 3.8) is 0 Å². The molecule has 0 aliphatic carbocycles. The number of aliphatic imine (C=N–C) groups is 1. The van der Waals surface area contributed by atoms with E-state index in [-0.39, 0.29) is 6.04 Å². The van der Waals surface area contributed by atoms with Gasteiger partial charge in [-0.3, -0.25) is 9.89 Å². The van der Waals surface area contributed by atoms with Crippen molar-refractivity contribution in [2.24, 2.45) is 4.99 Å². The van der Waals surface area contributed by atoms with Crippen LogP contribution in [0.15, 0.2) is 59.6 Å². The molecule has 0 amide bonds. The summed E-state index contributed by atoms with van der Waals surface area (Å²) in [4.78, 5) is 5.63.